The maximum absolute atomic E-state index is 12.4. The minimum Gasteiger partial charge on any atom is -0.464 e. The number of rotatable bonds is 15. The Hall–Kier alpha value is -12.9. The highest BCUT2D eigenvalue weighted by molar-refractivity contribution is 7.99. The fourth-order valence-electron chi connectivity index (χ4n) is 13.3. The zero-order valence-corrected chi connectivity index (χ0v) is 70.2. The van der Waals surface area contributed by atoms with Crippen LogP contribution in [0.5, 0.6) is 0 Å². The van der Waals surface area contributed by atoms with Crippen molar-refractivity contribution < 1.29 is 48.1 Å². The molecule has 16 heterocycles. The van der Waals surface area contributed by atoms with Crippen LogP contribution < -0.4 is 19.6 Å². The van der Waals surface area contributed by atoms with Crippen molar-refractivity contribution in [3.63, 3.8) is 0 Å². The molecule has 4 aromatic carbocycles. The number of nitrogens with zero attached hydrogens (tertiary/aromatic N) is 25. The number of aromatic nitrogens is 20. The molecular formula is C82H80N26O10S4. The van der Waals surface area contributed by atoms with Gasteiger partial charge in [0.25, 0.3) is 5.91 Å². The number of methoxy groups -OCH3 is 1. The number of nitrogens with one attached hydrogen (secondary N) is 1. The number of hydrogen-bond acceptors (Lipinski definition) is 34. The molecule has 0 aliphatic carbocycles. The van der Waals surface area contributed by atoms with Crippen LogP contribution in [0.15, 0.2) is 206 Å². The van der Waals surface area contributed by atoms with E-state index in [1.165, 1.54) is 90.7 Å². The summed E-state index contributed by atoms with van der Waals surface area (Å²) in [5, 5.41) is 68.4. The summed E-state index contributed by atoms with van der Waals surface area (Å²) in [5.74, 6) is -0.953. The first-order valence-electron chi connectivity index (χ1n) is 38.7. The van der Waals surface area contributed by atoms with E-state index in [4.69, 9.17) is 41.2 Å². The Labute approximate surface area is 713 Å². The zero-order valence-electron chi connectivity index (χ0n) is 66.9. The van der Waals surface area contributed by atoms with Gasteiger partial charge in [-0.25, -0.2) is 15.0 Å². The van der Waals surface area contributed by atoms with Gasteiger partial charge in [-0.15, -0.1) is 30.6 Å². The number of benzene rings is 4. The first-order valence-corrected chi connectivity index (χ1v) is 41.5. The number of ketones is 1. The number of carbonyl (C=O) groups is 3. The van der Waals surface area contributed by atoms with Gasteiger partial charge in [-0.3, -0.25) is 34.4 Å². The standard InChI is InChI=1S/C21H21N7O3S.C20H19N7O2S.C20H18N6O2S.C14H16N2O.C7H6N4O2S/c1-26(30-2)20(29)18-5-6-19-23-24-21(28(19)25-18)32-16-3-4-17-14(12-16)11-15(13-22-17)27-7-9-31-10-8-27;1-13(25-28)17-4-5-19-22-23-20(27(19)24-17)30-16-2-3-18-14(11-16)10-15(12-21-18)26-6-8-29-9-7-26;1-13(27)17-4-5-19-22-23-20(26(19)24-17)29-16-2-3-18-14(11-16)10-15(12-21-18)25-6-8-28-9-7-25;1-11-2-3-14-12(8-11)9-13(10-15-14)16-4-6-17-7-5-16;1-13-6(12)4-2-3-5-8-9-7(14)11(5)10-4/h3-6,11-13H,7-10H2,1-2H3;2-5,10-12,28H,6-9H2,1H3;2-5,10-12H,6-9H2,1H3;2-3,8-10H,4-7H2,1H3;2-3H,1H3,(H,9,14)/b;25-13+;;;. The molecule has 2 N–H and O–H groups in total. The van der Waals surface area contributed by atoms with Crippen molar-refractivity contribution in [2.75, 3.05) is 146 Å². The number of carbonyl (C=O) groups excluding carboxylic acids is 3. The Morgan fingerprint density at radius 2 is 0.795 bits per heavy atom. The Kier molecular flexibility index (Phi) is 25.9. The second kappa shape index (κ2) is 38.2. The SMILES string of the molecule is C/C(=N\O)c1ccc2nnc(Sc3ccc4ncc(N5CCOCC5)cc4c3)n2n1.CC(=O)c1ccc2nnc(Sc3ccc4ncc(N5CCOCC5)cc4c3)n2n1.COC(=O)c1ccc2n[nH]c(=S)n2n1.CON(C)C(=O)c1ccc2nnc(Sc3ccc4ncc(N5CCOCC5)cc4c3)n2n1.Cc1ccc2ncc(N3CCOCC3)cc2c1. The van der Waals surface area contributed by atoms with Crippen LogP contribution in [-0.2, 0) is 28.5 Å². The number of oxime groups is 1. The number of esters is 1. The molecule has 4 aliphatic heterocycles. The summed E-state index contributed by atoms with van der Waals surface area (Å²) in [6.45, 7) is 18.5. The molecule has 0 spiro atoms. The summed E-state index contributed by atoms with van der Waals surface area (Å²) >= 11 is 9.25. The summed E-state index contributed by atoms with van der Waals surface area (Å²) in [7, 11) is 4.25. The smallest absolute Gasteiger partial charge is 0.358 e. The largest absolute Gasteiger partial charge is 0.464 e. The molecule has 4 saturated heterocycles. The summed E-state index contributed by atoms with van der Waals surface area (Å²) in [6.07, 6.45) is 7.71. The molecule has 12 aromatic heterocycles. The topological polar surface area (TPSA) is 382 Å². The van der Waals surface area contributed by atoms with Gasteiger partial charge in [0, 0.05) is 103 Å². The Balaban J connectivity index is 0.000000116. The number of hydrogen-bond donors (Lipinski definition) is 2. The third kappa shape index (κ3) is 19.4. The number of aryl methyl sites for hydroxylation is 1. The van der Waals surface area contributed by atoms with Crippen molar-refractivity contribution in [2.24, 2.45) is 5.16 Å². The number of Topliss-reactive ketones (excluding diaryl/α,β-unsaturated/α-hetero) is 1. The van der Waals surface area contributed by atoms with Gasteiger partial charge in [0.1, 0.15) is 17.1 Å². The average Bonchev–Trinajstić information content (AvgIpc) is 1.56. The lowest BCUT2D eigenvalue weighted by Crippen LogP contribution is -2.36. The molecule has 0 radical (unpaired) electrons. The van der Waals surface area contributed by atoms with Crippen molar-refractivity contribution in [2.45, 2.75) is 50.9 Å². The van der Waals surface area contributed by atoms with Crippen molar-refractivity contribution in [3.05, 3.63) is 203 Å². The molecule has 0 saturated carbocycles. The van der Waals surface area contributed by atoms with E-state index in [9.17, 15) is 14.4 Å². The van der Waals surface area contributed by atoms with Crippen LogP contribution >= 0.6 is 47.5 Å². The number of fused-ring (bicyclic) bond motifs is 8. The van der Waals surface area contributed by atoms with Crippen molar-refractivity contribution >= 4 is 160 Å². The lowest BCUT2D eigenvalue weighted by Gasteiger charge is -2.28. The third-order valence-electron chi connectivity index (χ3n) is 19.9. The summed E-state index contributed by atoms with van der Waals surface area (Å²) < 4.78 is 32.7. The molecule has 16 aromatic rings. The number of amides is 1. The summed E-state index contributed by atoms with van der Waals surface area (Å²) in [5.41, 5.74) is 13.8. The van der Waals surface area contributed by atoms with Gasteiger partial charge in [-0.1, -0.05) is 16.8 Å². The fraction of sp³-hybridized carbons (Fsp3) is 0.268. The van der Waals surface area contributed by atoms with E-state index < -0.39 is 5.97 Å². The predicted octanol–water partition coefficient (Wildman–Crippen LogP) is 11.0. The molecule has 4 aliphatic rings. The Morgan fingerprint density at radius 1 is 0.443 bits per heavy atom. The summed E-state index contributed by atoms with van der Waals surface area (Å²) in [4.78, 5) is 70.6. The van der Waals surface area contributed by atoms with Crippen molar-refractivity contribution in [3.8, 4) is 0 Å². The lowest BCUT2D eigenvalue weighted by atomic mass is 10.1. The quantitative estimate of drug-likeness (QED) is 0.0240. The molecule has 40 heteroatoms. The second-order valence-electron chi connectivity index (χ2n) is 27.9. The van der Waals surface area contributed by atoms with Crippen LogP contribution in [0.2, 0.25) is 0 Å². The number of hydroxylamine groups is 2. The molecule has 20 rings (SSSR count). The van der Waals surface area contributed by atoms with Gasteiger partial charge in [0.05, 0.1) is 137 Å². The first kappa shape index (κ1) is 82.8. The average molecular weight is 1720 g/mol. The third-order valence-corrected chi connectivity index (χ3v) is 22.9. The van der Waals surface area contributed by atoms with E-state index in [1.54, 1.807) is 62.9 Å². The number of ether oxygens (including phenoxy) is 5. The van der Waals surface area contributed by atoms with E-state index in [2.05, 4.69) is 178 Å². The lowest BCUT2D eigenvalue weighted by molar-refractivity contribution is -0.0761. The molecule has 0 unspecified atom stereocenters. The highest BCUT2D eigenvalue weighted by atomic mass is 32.2. The molecule has 4 fully saturated rings. The predicted molar refractivity (Wildman–Crippen MR) is 461 cm³/mol. The van der Waals surface area contributed by atoms with Crippen LogP contribution in [-0.4, -0.2) is 259 Å². The number of pyridine rings is 4. The van der Waals surface area contributed by atoms with Crippen LogP contribution in [0.1, 0.15) is 56.6 Å². The first-order chi connectivity index (χ1) is 59.5. The number of morpholine rings is 4. The molecule has 0 atom stereocenters. The second-order valence-corrected chi connectivity index (χ2v) is 31.4. The molecule has 122 heavy (non-hydrogen) atoms. The highest BCUT2D eigenvalue weighted by Gasteiger charge is 2.22. The van der Waals surface area contributed by atoms with Crippen LogP contribution in [0.4, 0.5) is 22.7 Å². The maximum atomic E-state index is 12.4. The van der Waals surface area contributed by atoms with E-state index in [0.29, 0.717) is 59.9 Å². The molecule has 36 nitrogen and oxygen atoms in total. The van der Waals surface area contributed by atoms with Gasteiger partial charge < -0.3 is 48.5 Å². The minimum atomic E-state index is -0.505. The molecule has 622 valence electrons. The van der Waals surface area contributed by atoms with Gasteiger partial charge in [-0.05, 0) is 201 Å². The van der Waals surface area contributed by atoms with Gasteiger partial charge in [-0.2, -0.15) is 43.6 Å². The van der Waals surface area contributed by atoms with E-state index in [1.807, 2.05) is 61.2 Å². The monoisotopic (exact) mass is 1720 g/mol. The normalized spacial score (nSPS) is 14.4. The van der Waals surface area contributed by atoms with Gasteiger partial charge in [0.15, 0.2) is 39.8 Å². The minimum absolute atomic E-state index is 0.0935. The Morgan fingerprint density at radius 3 is 1.19 bits per heavy atom. The Bertz CT molecular complexity index is 6610. The maximum Gasteiger partial charge on any atom is 0.358 e. The van der Waals surface area contributed by atoms with Crippen LogP contribution in [0, 0.1) is 11.7 Å². The number of H-pyrrole nitrogens is 1. The zero-order chi connectivity index (χ0) is 84.2. The molecule has 1 amide bonds. The highest BCUT2D eigenvalue weighted by Crippen LogP contribution is 2.35. The van der Waals surface area contributed by atoms with Gasteiger partial charge >= 0.3 is 5.97 Å². The number of anilines is 4. The van der Waals surface area contributed by atoms with Crippen molar-refractivity contribution in [1.82, 2.24) is 104 Å². The van der Waals surface area contributed by atoms with E-state index in [-0.39, 0.29) is 23.1 Å². The number of aromatic amines is 1. The van der Waals surface area contributed by atoms with E-state index in [0.717, 1.165) is 180 Å². The van der Waals surface area contributed by atoms with Crippen LogP contribution in [0.3, 0.4) is 0 Å². The van der Waals surface area contributed by atoms with Gasteiger partial charge in [0.2, 0.25) is 20.2 Å². The van der Waals surface area contributed by atoms with Crippen LogP contribution in [0.25, 0.3) is 66.2 Å². The van der Waals surface area contributed by atoms with E-state index >= 15 is 0 Å². The molecule has 0 bridgehead atoms. The molecular weight excluding hydrogens is 1640 g/mol. The van der Waals surface area contributed by atoms with Crippen molar-refractivity contribution in [1.29, 1.82) is 0 Å². The summed E-state index contributed by atoms with van der Waals surface area (Å²) in [6, 6.07) is 46.7. The fourth-order valence-corrected chi connectivity index (χ4v) is 16.0.